The number of amides is 1. The number of carbonyl (C=O) groups is 1. The quantitative estimate of drug-likeness (QED) is 0.402. The molecule has 1 spiro atoms. The number of halogens is 2. The molecule has 1 saturated heterocycles. The summed E-state index contributed by atoms with van der Waals surface area (Å²) < 4.78 is 13.0. The number of aliphatic hydroxyl groups is 1. The third-order valence-corrected chi connectivity index (χ3v) is 7.90. The molecule has 1 amide bonds. The molecule has 2 unspecified atom stereocenters. The molecule has 5 rings (SSSR count). The van der Waals surface area contributed by atoms with Crippen LogP contribution < -0.4 is 5.32 Å². The van der Waals surface area contributed by atoms with Gasteiger partial charge in [-0.25, -0.2) is 4.39 Å². The number of benzene rings is 3. The summed E-state index contributed by atoms with van der Waals surface area (Å²) in [5.74, 6) is -0.295. The fourth-order valence-corrected chi connectivity index (χ4v) is 5.78. The van der Waals surface area contributed by atoms with Gasteiger partial charge in [0.2, 0.25) is 6.41 Å². The van der Waals surface area contributed by atoms with Gasteiger partial charge in [-0.3, -0.25) is 4.79 Å². The van der Waals surface area contributed by atoms with Gasteiger partial charge >= 0.3 is 0 Å². The van der Waals surface area contributed by atoms with Gasteiger partial charge in [0, 0.05) is 23.7 Å². The molecule has 3 aromatic carbocycles. The van der Waals surface area contributed by atoms with Gasteiger partial charge in [0.1, 0.15) is 5.82 Å². The first kappa shape index (κ1) is 26.3. The van der Waals surface area contributed by atoms with Crippen molar-refractivity contribution < 1.29 is 14.3 Å². The van der Waals surface area contributed by atoms with Crippen molar-refractivity contribution in [1.82, 2.24) is 10.2 Å². The van der Waals surface area contributed by atoms with Crippen LogP contribution in [0.3, 0.4) is 0 Å². The molecule has 3 aromatic rings. The number of fused-ring (bicyclic) bond motifs is 2. The minimum absolute atomic E-state index is 0.295. The Morgan fingerprint density at radius 1 is 1.03 bits per heavy atom. The van der Waals surface area contributed by atoms with Gasteiger partial charge < -0.3 is 15.3 Å². The number of rotatable bonds is 6. The lowest BCUT2D eigenvalue weighted by molar-refractivity contribution is -0.119. The molecule has 36 heavy (non-hydrogen) atoms. The number of hydrogen-bond donors (Lipinski definition) is 2. The van der Waals surface area contributed by atoms with E-state index >= 15 is 0 Å². The maximum absolute atomic E-state index is 13.0. The number of aryl methyl sites for hydroxylation is 1. The molecule has 0 radical (unpaired) electrons. The number of hydrogen-bond acceptors (Lipinski definition) is 3. The number of nitrogens with zero attached hydrogens (tertiary/aromatic N) is 1. The van der Waals surface area contributed by atoms with E-state index in [1.807, 2.05) is 24.0 Å². The van der Waals surface area contributed by atoms with Crippen LogP contribution in [0.25, 0.3) is 0 Å². The number of aliphatic hydroxyl groups excluding tert-OH is 1. The minimum atomic E-state index is -0.797. The number of likely N-dealkylation sites (N-methyl/N-ethyl adjacent to an activating group) is 1. The zero-order valence-electron chi connectivity index (χ0n) is 20.7. The SMILES string of the molecule is CCNC(c1ccc(F)cc1)C(O)c1ccccc1Cl.O=CN1CCC2(CCc3ccccc32)CC1. The van der Waals surface area contributed by atoms with Gasteiger partial charge in [0.25, 0.3) is 0 Å². The Morgan fingerprint density at radius 2 is 1.69 bits per heavy atom. The molecule has 6 heteroatoms. The van der Waals surface area contributed by atoms with Gasteiger partial charge in [-0.15, -0.1) is 0 Å². The molecular formula is C30H34ClFN2O2. The van der Waals surface area contributed by atoms with Crippen molar-refractivity contribution in [3.05, 3.63) is 106 Å². The Kier molecular flexibility index (Phi) is 8.78. The van der Waals surface area contributed by atoms with E-state index < -0.39 is 6.10 Å². The van der Waals surface area contributed by atoms with Crippen LogP contribution in [0.5, 0.6) is 0 Å². The third kappa shape index (κ3) is 5.80. The fourth-order valence-electron chi connectivity index (χ4n) is 5.54. The summed E-state index contributed by atoms with van der Waals surface area (Å²) in [6, 6.07) is 21.8. The highest BCUT2D eigenvalue weighted by molar-refractivity contribution is 6.31. The summed E-state index contributed by atoms with van der Waals surface area (Å²) in [5, 5.41) is 14.3. The lowest BCUT2D eigenvalue weighted by Gasteiger charge is -2.38. The number of piperidine rings is 1. The van der Waals surface area contributed by atoms with Crippen molar-refractivity contribution in [2.45, 2.75) is 50.2 Å². The highest BCUT2D eigenvalue weighted by Crippen LogP contribution is 2.45. The molecule has 1 heterocycles. The van der Waals surface area contributed by atoms with Gasteiger partial charge in [-0.2, -0.15) is 0 Å². The van der Waals surface area contributed by atoms with Gasteiger partial charge in [-0.05, 0) is 72.5 Å². The summed E-state index contributed by atoms with van der Waals surface area (Å²) >= 11 is 6.13. The summed E-state index contributed by atoms with van der Waals surface area (Å²) in [7, 11) is 0. The van der Waals surface area contributed by atoms with E-state index in [1.165, 1.54) is 30.5 Å². The molecule has 2 aliphatic rings. The topological polar surface area (TPSA) is 52.6 Å². The van der Waals surface area contributed by atoms with Crippen molar-refractivity contribution in [2.75, 3.05) is 19.6 Å². The lowest BCUT2D eigenvalue weighted by Crippen LogP contribution is -2.40. The van der Waals surface area contributed by atoms with Crippen LogP contribution >= 0.6 is 11.6 Å². The van der Waals surface area contributed by atoms with Gasteiger partial charge in [0.05, 0.1) is 12.1 Å². The Labute approximate surface area is 218 Å². The molecule has 2 atom stereocenters. The first-order valence-corrected chi connectivity index (χ1v) is 13.0. The van der Waals surface area contributed by atoms with Crippen LogP contribution in [0.2, 0.25) is 5.02 Å². The molecular weight excluding hydrogens is 475 g/mol. The number of nitrogens with one attached hydrogen (secondary N) is 1. The van der Waals surface area contributed by atoms with Crippen molar-refractivity contribution >= 4 is 18.0 Å². The van der Waals surface area contributed by atoms with E-state index in [-0.39, 0.29) is 11.9 Å². The largest absolute Gasteiger partial charge is 0.386 e. The van der Waals surface area contributed by atoms with E-state index in [0.717, 1.165) is 37.9 Å². The molecule has 0 bridgehead atoms. The van der Waals surface area contributed by atoms with E-state index in [4.69, 9.17) is 11.6 Å². The molecule has 1 aliphatic heterocycles. The van der Waals surface area contributed by atoms with Gasteiger partial charge in [-0.1, -0.05) is 73.1 Å². The highest BCUT2D eigenvalue weighted by atomic mass is 35.5. The zero-order valence-corrected chi connectivity index (χ0v) is 21.4. The number of carbonyl (C=O) groups excluding carboxylic acids is 1. The maximum atomic E-state index is 13.0. The Bertz CT molecular complexity index is 1150. The molecule has 4 nitrogen and oxygen atoms in total. The van der Waals surface area contributed by atoms with E-state index in [9.17, 15) is 14.3 Å². The number of likely N-dealkylation sites (tertiary alicyclic amines) is 1. The summed E-state index contributed by atoms with van der Waals surface area (Å²) in [4.78, 5) is 12.6. The second-order valence-electron chi connectivity index (χ2n) is 9.63. The average Bonchev–Trinajstić information content (AvgIpc) is 3.27. The van der Waals surface area contributed by atoms with E-state index in [1.54, 1.807) is 29.8 Å². The Hall–Kier alpha value is -2.73. The minimum Gasteiger partial charge on any atom is -0.386 e. The fraction of sp³-hybridized carbons (Fsp3) is 0.367. The maximum Gasteiger partial charge on any atom is 0.209 e. The molecule has 1 aliphatic carbocycles. The predicted molar refractivity (Wildman–Crippen MR) is 143 cm³/mol. The summed E-state index contributed by atoms with van der Waals surface area (Å²) in [5.41, 5.74) is 4.95. The van der Waals surface area contributed by atoms with E-state index in [2.05, 4.69) is 29.6 Å². The van der Waals surface area contributed by atoms with Crippen molar-refractivity contribution in [3.8, 4) is 0 Å². The molecule has 0 saturated carbocycles. The van der Waals surface area contributed by atoms with Crippen LogP contribution in [0.1, 0.15) is 60.6 Å². The molecule has 1 fully saturated rings. The zero-order chi connectivity index (χ0) is 25.5. The smallest absolute Gasteiger partial charge is 0.209 e. The van der Waals surface area contributed by atoms with Crippen LogP contribution in [-0.2, 0) is 16.6 Å². The second kappa shape index (κ2) is 12.0. The monoisotopic (exact) mass is 508 g/mol. The first-order chi connectivity index (χ1) is 17.5. The highest BCUT2D eigenvalue weighted by Gasteiger charge is 2.40. The normalized spacial score (nSPS) is 17.6. The van der Waals surface area contributed by atoms with Crippen LogP contribution in [0.15, 0.2) is 72.8 Å². The predicted octanol–water partition coefficient (Wildman–Crippen LogP) is 5.99. The summed E-state index contributed by atoms with van der Waals surface area (Å²) in [6.45, 7) is 4.50. The first-order valence-electron chi connectivity index (χ1n) is 12.7. The lowest BCUT2D eigenvalue weighted by atomic mass is 9.74. The van der Waals surface area contributed by atoms with Crippen molar-refractivity contribution in [1.29, 1.82) is 0 Å². The molecule has 2 N–H and O–H groups in total. The van der Waals surface area contributed by atoms with Crippen LogP contribution in [0.4, 0.5) is 4.39 Å². The van der Waals surface area contributed by atoms with Crippen LogP contribution in [0, 0.1) is 5.82 Å². The average molecular weight is 509 g/mol. The van der Waals surface area contributed by atoms with Crippen molar-refractivity contribution in [3.63, 3.8) is 0 Å². The van der Waals surface area contributed by atoms with E-state index in [0.29, 0.717) is 22.5 Å². The Morgan fingerprint density at radius 3 is 2.36 bits per heavy atom. The second-order valence-corrected chi connectivity index (χ2v) is 10.0. The molecule has 0 aromatic heterocycles. The summed E-state index contributed by atoms with van der Waals surface area (Å²) in [6.07, 6.45) is 4.98. The van der Waals surface area contributed by atoms with Crippen molar-refractivity contribution in [2.24, 2.45) is 0 Å². The third-order valence-electron chi connectivity index (χ3n) is 7.56. The molecule has 190 valence electrons. The van der Waals surface area contributed by atoms with Gasteiger partial charge in [0.15, 0.2) is 0 Å². The standard InChI is InChI=1S/C16H17ClFNO.C14H17NO/c1-2-19-15(11-7-9-12(18)10-8-11)16(20)13-5-3-4-6-14(13)17;16-11-15-9-7-14(8-10-15)6-5-12-3-1-2-4-13(12)14/h3-10,15-16,19-20H,2H2,1H3;1-4,11H,5-10H2. The van der Waals surface area contributed by atoms with Crippen LogP contribution in [-0.4, -0.2) is 36.1 Å². The Balaban J connectivity index is 0.000000173.